The number of carbonyl (C=O) groups excluding carboxylic acids is 2. The van der Waals surface area contributed by atoms with E-state index >= 15 is 0 Å². The summed E-state index contributed by atoms with van der Waals surface area (Å²) >= 11 is 7.02. The van der Waals surface area contributed by atoms with Crippen LogP contribution in [0.4, 0.5) is 0 Å². The van der Waals surface area contributed by atoms with Crippen LogP contribution in [0.25, 0.3) is 6.08 Å². The van der Waals surface area contributed by atoms with E-state index in [4.69, 9.17) is 16.3 Å². The molecule has 0 heterocycles. The predicted octanol–water partition coefficient (Wildman–Crippen LogP) is 3.23. The number of ketones is 1. The van der Waals surface area contributed by atoms with E-state index in [1.807, 2.05) is 12.1 Å². The van der Waals surface area contributed by atoms with Crippen LogP contribution in [0, 0.1) is 0 Å². The van der Waals surface area contributed by atoms with E-state index in [2.05, 4.69) is 0 Å². The van der Waals surface area contributed by atoms with Crippen molar-refractivity contribution in [3.8, 4) is 5.75 Å². The average Bonchev–Trinajstić information content (AvgIpc) is 2.60. The molecule has 6 heteroatoms. The van der Waals surface area contributed by atoms with Crippen LogP contribution in [-0.2, 0) is 10.5 Å². The highest BCUT2D eigenvalue weighted by Gasteiger charge is 2.09. The fraction of sp³-hybridized carbons (Fsp3) is 0.158. The third-order valence-corrected chi connectivity index (χ3v) is 4.55. The SMILES string of the molecule is COc1ccc(C(=O)/C=C/c2ccc(Cl)cc2)cc1CSCC(=O)[O-]. The van der Waals surface area contributed by atoms with Gasteiger partial charge in [0, 0.05) is 27.7 Å². The van der Waals surface area contributed by atoms with Crippen molar-refractivity contribution in [1.82, 2.24) is 0 Å². The molecule has 0 radical (unpaired) electrons. The molecule has 0 unspecified atom stereocenters. The molecule has 2 aromatic carbocycles. The summed E-state index contributed by atoms with van der Waals surface area (Å²) in [6.07, 6.45) is 3.20. The first kappa shape index (κ1) is 19.1. The zero-order valence-electron chi connectivity index (χ0n) is 13.5. The van der Waals surface area contributed by atoms with Crippen molar-refractivity contribution in [2.45, 2.75) is 5.75 Å². The van der Waals surface area contributed by atoms with Crippen molar-refractivity contribution in [3.63, 3.8) is 0 Å². The number of thioether (sulfide) groups is 1. The van der Waals surface area contributed by atoms with Crippen LogP contribution in [0.5, 0.6) is 5.75 Å². The summed E-state index contributed by atoms with van der Waals surface area (Å²) in [7, 11) is 1.53. The number of rotatable bonds is 8. The van der Waals surface area contributed by atoms with Crippen LogP contribution in [0.3, 0.4) is 0 Å². The first-order chi connectivity index (χ1) is 12.0. The van der Waals surface area contributed by atoms with Gasteiger partial charge in [-0.3, -0.25) is 4.79 Å². The summed E-state index contributed by atoms with van der Waals surface area (Å²) in [6, 6.07) is 12.3. The van der Waals surface area contributed by atoms with E-state index in [0.717, 1.165) is 11.1 Å². The molecular weight excluding hydrogens is 360 g/mol. The lowest BCUT2D eigenvalue weighted by Crippen LogP contribution is -2.24. The Morgan fingerprint density at radius 1 is 1.20 bits per heavy atom. The Morgan fingerprint density at radius 2 is 1.92 bits per heavy atom. The smallest absolute Gasteiger partial charge is 0.185 e. The van der Waals surface area contributed by atoms with E-state index < -0.39 is 5.97 Å². The molecule has 0 saturated carbocycles. The molecule has 2 aromatic rings. The maximum Gasteiger partial charge on any atom is 0.185 e. The van der Waals surface area contributed by atoms with E-state index in [1.54, 1.807) is 36.4 Å². The second-order valence-corrected chi connectivity index (χ2v) is 6.56. The Labute approximate surface area is 155 Å². The van der Waals surface area contributed by atoms with Gasteiger partial charge in [-0.2, -0.15) is 11.8 Å². The van der Waals surface area contributed by atoms with E-state index in [0.29, 0.717) is 22.1 Å². The molecule has 0 saturated heterocycles. The molecule has 2 rings (SSSR count). The van der Waals surface area contributed by atoms with Gasteiger partial charge in [0.25, 0.3) is 0 Å². The van der Waals surface area contributed by atoms with Gasteiger partial charge >= 0.3 is 0 Å². The number of methoxy groups -OCH3 is 1. The number of halogens is 1. The molecule has 0 fully saturated rings. The average molecular weight is 376 g/mol. The maximum absolute atomic E-state index is 12.4. The van der Waals surface area contributed by atoms with Crippen molar-refractivity contribution in [1.29, 1.82) is 0 Å². The summed E-state index contributed by atoms with van der Waals surface area (Å²) in [4.78, 5) is 22.9. The Morgan fingerprint density at radius 3 is 2.56 bits per heavy atom. The van der Waals surface area contributed by atoms with Gasteiger partial charge in [0.1, 0.15) is 5.75 Å². The second kappa shape index (κ2) is 9.30. The molecule has 0 aliphatic heterocycles. The summed E-state index contributed by atoms with van der Waals surface area (Å²) in [5.41, 5.74) is 2.14. The molecule has 4 nitrogen and oxygen atoms in total. The van der Waals surface area contributed by atoms with Crippen molar-refractivity contribution in [2.24, 2.45) is 0 Å². The normalized spacial score (nSPS) is 10.8. The van der Waals surface area contributed by atoms with Gasteiger partial charge in [0.15, 0.2) is 5.78 Å². The lowest BCUT2D eigenvalue weighted by atomic mass is 10.1. The Hall–Kier alpha value is -2.24. The van der Waals surface area contributed by atoms with Gasteiger partial charge in [-0.15, -0.1) is 0 Å². The van der Waals surface area contributed by atoms with Gasteiger partial charge in [0.2, 0.25) is 0 Å². The molecule has 0 spiro atoms. The van der Waals surface area contributed by atoms with Crippen LogP contribution in [0.2, 0.25) is 5.02 Å². The summed E-state index contributed by atoms with van der Waals surface area (Å²) in [5, 5.41) is 11.2. The third-order valence-electron chi connectivity index (χ3n) is 3.34. The van der Waals surface area contributed by atoms with Gasteiger partial charge in [-0.1, -0.05) is 29.8 Å². The highest BCUT2D eigenvalue weighted by Crippen LogP contribution is 2.25. The number of carboxylic acid groups (broad SMARTS) is 1. The maximum atomic E-state index is 12.4. The molecule has 25 heavy (non-hydrogen) atoms. The van der Waals surface area contributed by atoms with Crippen molar-refractivity contribution in [2.75, 3.05) is 12.9 Å². The minimum Gasteiger partial charge on any atom is -0.549 e. The first-order valence-corrected chi connectivity index (χ1v) is 8.95. The highest BCUT2D eigenvalue weighted by atomic mass is 35.5. The second-order valence-electron chi connectivity index (χ2n) is 5.14. The number of aliphatic carboxylic acids is 1. The minimum atomic E-state index is -1.12. The number of ether oxygens (including phenoxy) is 1. The van der Waals surface area contributed by atoms with E-state index in [9.17, 15) is 14.7 Å². The summed E-state index contributed by atoms with van der Waals surface area (Å²) in [5.74, 6) is -0.355. The molecule has 0 aliphatic rings. The first-order valence-electron chi connectivity index (χ1n) is 7.42. The van der Waals surface area contributed by atoms with Gasteiger partial charge in [-0.05, 0) is 42.0 Å². The highest BCUT2D eigenvalue weighted by molar-refractivity contribution is 7.99. The van der Waals surface area contributed by atoms with Crippen LogP contribution in [0.15, 0.2) is 48.5 Å². The number of allylic oxidation sites excluding steroid dienone is 1. The number of benzene rings is 2. The summed E-state index contributed by atoms with van der Waals surface area (Å²) < 4.78 is 5.26. The van der Waals surface area contributed by atoms with Gasteiger partial charge < -0.3 is 14.6 Å². The third kappa shape index (κ3) is 5.96. The molecular formula is C19H16ClO4S-. The van der Waals surface area contributed by atoms with Crippen molar-refractivity contribution >= 4 is 41.2 Å². The molecule has 0 amide bonds. The Balaban J connectivity index is 2.13. The van der Waals surface area contributed by atoms with Crippen LogP contribution < -0.4 is 9.84 Å². The summed E-state index contributed by atoms with van der Waals surface area (Å²) in [6.45, 7) is 0. The lowest BCUT2D eigenvalue weighted by molar-refractivity contribution is -0.301. The topological polar surface area (TPSA) is 66.4 Å². The number of carbonyl (C=O) groups is 2. The Kier molecular flexibility index (Phi) is 7.10. The number of hydrogen-bond acceptors (Lipinski definition) is 5. The standard InChI is InChI=1S/C19H17ClO4S/c1-24-18-9-5-14(10-15(18)11-25-12-19(22)23)17(21)8-4-13-2-6-16(20)7-3-13/h2-10H,11-12H2,1H3,(H,22,23)/p-1/b8-4+. The molecule has 0 bridgehead atoms. The van der Waals surface area contributed by atoms with Crippen LogP contribution >= 0.6 is 23.4 Å². The fourth-order valence-corrected chi connectivity index (χ4v) is 2.97. The molecule has 0 aromatic heterocycles. The monoisotopic (exact) mass is 375 g/mol. The molecule has 0 N–H and O–H groups in total. The van der Waals surface area contributed by atoms with Gasteiger partial charge in [-0.25, -0.2) is 0 Å². The number of carboxylic acids is 1. The van der Waals surface area contributed by atoms with Crippen molar-refractivity contribution in [3.05, 3.63) is 70.3 Å². The van der Waals surface area contributed by atoms with E-state index in [-0.39, 0.29) is 11.5 Å². The molecule has 0 atom stereocenters. The predicted molar refractivity (Wildman–Crippen MR) is 99.0 cm³/mol. The van der Waals surface area contributed by atoms with Crippen LogP contribution in [0.1, 0.15) is 21.5 Å². The van der Waals surface area contributed by atoms with Crippen LogP contribution in [-0.4, -0.2) is 24.6 Å². The molecule has 0 aliphatic carbocycles. The Bertz CT molecular complexity index is 785. The zero-order chi connectivity index (χ0) is 18.2. The van der Waals surface area contributed by atoms with Crippen molar-refractivity contribution < 1.29 is 19.4 Å². The largest absolute Gasteiger partial charge is 0.549 e. The van der Waals surface area contributed by atoms with Gasteiger partial charge in [0.05, 0.1) is 13.1 Å². The quantitative estimate of drug-likeness (QED) is 0.523. The minimum absolute atomic E-state index is 0.113. The number of hydrogen-bond donors (Lipinski definition) is 0. The fourth-order valence-electron chi connectivity index (χ4n) is 2.13. The lowest BCUT2D eigenvalue weighted by Gasteiger charge is -2.10. The zero-order valence-corrected chi connectivity index (χ0v) is 15.1. The molecule has 130 valence electrons. The van der Waals surface area contributed by atoms with E-state index in [1.165, 1.54) is 24.9 Å².